The predicted octanol–water partition coefficient (Wildman–Crippen LogP) is 3.20. The Morgan fingerprint density at radius 1 is 0.886 bits per heavy atom. The van der Waals surface area contributed by atoms with Gasteiger partial charge in [-0.2, -0.15) is 0 Å². The smallest absolute Gasteiger partial charge is 0.550 e. The topological polar surface area (TPSA) is 83.4 Å². The number of hydrogen-bond donors (Lipinski definition) is 1. The third-order valence-corrected chi connectivity index (χ3v) is 8.26. The number of hydrogen-bond acceptors (Lipinski definition) is 5. The molecule has 0 aliphatic heterocycles. The van der Waals surface area contributed by atoms with Crippen LogP contribution in [-0.2, 0) is 37.5 Å². The maximum absolute atomic E-state index is 13.8. The van der Waals surface area contributed by atoms with Crippen LogP contribution < -0.4 is 44.7 Å². The van der Waals surface area contributed by atoms with Gasteiger partial charge in [-0.15, -0.1) is 0 Å². The van der Waals surface area contributed by atoms with Gasteiger partial charge in [-0.1, -0.05) is 67.6 Å². The first kappa shape index (κ1) is 35.2. The number of nitrogens with one attached hydrogen (secondary N) is 1. The number of rotatable bonds is 17. The van der Waals surface area contributed by atoms with Gasteiger partial charge < -0.3 is 24.5 Å². The van der Waals surface area contributed by atoms with Crippen molar-refractivity contribution < 1.29 is 49.0 Å². The molecule has 226 valence electrons. The minimum atomic E-state index is -1.05. The van der Waals surface area contributed by atoms with E-state index in [4.69, 9.17) is 4.74 Å². The second kappa shape index (κ2) is 17.8. The second-order valence-electron chi connectivity index (χ2n) is 11.2. The molecule has 0 atom stereocenters. The SMILES string of the molecule is CCc1c(C(=O)c2ccc(OC)c(NCC(CCc3ccccc3)CCc3ccccc3)c2)cc(CCCC(=O)[O-])n1C.[Na+]. The number of anilines is 1. The molecule has 0 aliphatic rings. The number of methoxy groups -OCH3 is 1. The Balaban J connectivity index is 0.00000529. The van der Waals surface area contributed by atoms with E-state index in [-0.39, 0.29) is 41.8 Å². The predicted molar refractivity (Wildman–Crippen MR) is 171 cm³/mol. The standard InChI is InChI=1S/C37H44N2O4.Na/c1-4-34-32(25-31(39(34)2)16-11-17-36(40)41)37(42)30-22-23-35(43-3)33(24-30)38-26-29(20-18-27-12-7-5-8-13-27)21-19-28-14-9-6-10-15-28;/h5-10,12-15,22-25,29,38H,4,11,16-21,26H2,1-3H3,(H,40,41);/q;+1/p-1. The fourth-order valence-electron chi connectivity index (χ4n) is 5.76. The van der Waals surface area contributed by atoms with Crippen molar-refractivity contribution in [2.75, 3.05) is 19.0 Å². The van der Waals surface area contributed by atoms with E-state index in [0.717, 1.165) is 49.3 Å². The Morgan fingerprint density at radius 2 is 1.50 bits per heavy atom. The fourth-order valence-corrected chi connectivity index (χ4v) is 5.76. The third-order valence-electron chi connectivity index (χ3n) is 8.26. The minimum Gasteiger partial charge on any atom is -0.550 e. The Kier molecular flexibility index (Phi) is 14.3. The van der Waals surface area contributed by atoms with Crippen LogP contribution in [0.2, 0.25) is 0 Å². The summed E-state index contributed by atoms with van der Waals surface area (Å²) in [6.45, 7) is 2.80. The number of aliphatic carboxylic acids is 1. The van der Waals surface area contributed by atoms with Gasteiger partial charge in [-0.25, -0.2) is 0 Å². The summed E-state index contributed by atoms with van der Waals surface area (Å²) >= 11 is 0. The summed E-state index contributed by atoms with van der Waals surface area (Å²) in [6, 6.07) is 28.7. The van der Waals surface area contributed by atoms with E-state index < -0.39 is 5.97 Å². The van der Waals surface area contributed by atoms with Crippen molar-refractivity contribution in [1.29, 1.82) is 0 Å². The molecular formula is C37H43N2NaO4. The van der Waals surface area contributed by atoms with Gasteiger partial charge in [0, 0.05) is 42.1 Å². The number of carbonyl (C=O) groups is 2. The molecule has 1 aromatic heterocycles. The minimum absolute atomic E-state index is 0. The first-order valence-electron chi connectivity index (χ1n) is 15.3. The van der Waals surface area contributed by atoms with Crippen molar-refractivity contribution in [3.05, 3.63) is 119 Å². The first-order valence-corrected chi connectivity index (χ1v) is 15.3. The third kappa shape index (κ3) is 9.85. The second-order valence-corrected chi connectivity index (χ2v) is 11.2. The molecule has 44 heavy (non-hydrogen) atoms. The zero-order chi connectivity index (χ0) is 30.6. The summed E-state index contributed by atoms with van der Waals surface area (Å²) in [5.41, 5.74) is 6.63. The molecule has 6 nitrogen and oxygen atoms in total. The largest absolute Gasteiger partial charge is 1.00 e. The van der Waals surface area contributed by atoms with E-state index in [9.17, 15) is 14.7 Å². The molecule has 7 heteroatoms. The van der Waals surface area contributed by atoms with Crippen LogP contribution in [0.25, 0.3) is 0 Å². The average Bonchev–Trinajstić information content (AvgIpc) is 3.35. The van der Waals surface area contributed by atoms with Crippen LogP contribution in [0, 0.1) is 5.92 Å². The Bertz CT molecular complexity index is 1440. The number of ether oxygens (including phenoxy) is 1. The van der Waals surface area contributed by atoms with Gasteiger partial charge in [-0.3, -0.25) is 4.79 Å². The molecule has 0 spiro atoms. The molecule has 0 bridgehead atoms. The van der Waals surface area contributed by atoms with Crippen LogP contribution in [0.4, 0.5) is 5.69 Å². The molecule has 0 unspecified atom stereocenters. The van der Waals surface area contributed by atoms with Crippen LogP contribution in [0.15, 0.2) is 84.9 Å². The summed E-state index contributed by atoms with van der Waals surface area (Å²) < 4.78 is 7.70. The molecular weight excluding hydrogens is 559 g/mol. The molecule has 0 fully saturated rings. The monoisotopic (exact) mass is 602 g/mol. The van der Waals surface area contributed by atoms with E-state index in [1.54, 1.807) is 7.11 Å². The van der Waals surface area contributed by atoms with Gasteiger partial charge in [0.25, 0.3) is 0 Å². The normalized spacial score (nSPS) is 10.8. The van der Waals surface area contributed by atoms with Crippen molar-refractivity contribution in [2.24, 2.45) is 13.0 Å². The summed E-state index contributed by atoms with van der Waals surface area (Å²) in [7, 11) is 3.59. The maximum Gasteiger partial charge on any atom is 1.00 e. The number of nitrogens with zero attached hydrogens (tertiary/aromatic N) is 1. The van der Waals surface area contributed by atoms with Crippen molar-refractivity contribution in [3.63, 3.8) is 0 Å². The van der Waals surface area contributed by atoms with Crippen LogP contribution in [0.1, 0.15) is 71.0 Å². The summed E-state index contributed by atoms with van der Waals surface area (Å²) in [4.78, 5) is 24.7. The van der Waals surface area contributed by atoms with E-state index >= 15 is 0 Å². The van der Waals surface area contributed by atoms with Gasteiger partial charge in [0.1, 0.15) is 5.75 Å². The van der Waals surface area contributed by atoms with Crippen molar-refractivity contribution >= 4 is 17.4 Å². The van der Waals surface area contributed by atoms with Crippen LogP contribution in [-0.4, -0.2) is 30.0 Å². The Morgan fingerprint density at radius 3 is 2.05 bits per heavy atom. The zero-order valence-electron chi connectivity index (χ0n) is 26.6. The molecule has 0 aliphatic carbocycles. The summed E-state index contributed by atoms with van der Waals surface area (Å²) in [6.07, 6.45) is 5.88. The molecule has 4 rings (SSSR count). The number of carbonyl (C=O) groups excluding carboxylic acids is 2. The van der Waals surface area contributed by atoms with Gasteiger partial charge >= 0.3 is 29.6 Å². The van der Waals surface area contributed by atoms with E-state index in [1.165, 1.54) is 11.1 Å². The number of aryl methyl sites for hydroxylation is 3. The Hall–Kier alpha value is -3.32. The van der Waals surface area contributed by atoms with Crippen molar-refractivity contribution in [2.45, 2.75) is 58.3 Å². The molecule has 4 aromatic rings. The van der Waals surface area contributed by atoms with E-state index in [1.807, 2.05) is 42.8 Å². The van der Waals surface area contributed by atoms with Crippen molar-refractivity contribution in [3.8, 4) is 5.75 Å². The number of ketones is 1. The molecule has 0 amide bonds. The van der Waals surface area contributed by atoms with Crippen LogP contribution in [0.3, 0.4) is 0 Å². The molecule has 1 heterocycles. The average molecular weight is 603 g/mol. The molecule has 3 aromatic carbocycles. The summed E-state index contributed by atoms with van der Waals surface area (Å²) in [5, 5.41) is 14.5. The number of carboxylic acid groups (broad SMARTS) is 1. The number of carboxylic acids is 1. The fraction of sp³-hybridized carbons (Fsp3) is 0.351. The van der Waals surface area contributed by atoms with Crippen molar-refractivity contribution in [1.82, 2.24) is 4.57 Å². The van der Waals surface area contributed by atoms with E-state index in [0.29, 0.717) is 42.1 Å². The molecule has 0 saturated carbocycles. The number of benzene rings is 3. The van der Waals surface area contributed by atoms with Crippen LogP contribution in [0.5, 0.6) is 5.75 Å². The summed E-state index contributed by atoms with van der Waals surface area (Å²) in [5.74, 6) is 0.0258. The number of aromatic nitrogens is 1. The molecule has 0 radical (unpaired) electrons. The van der Waals surface area contributed by atoms with E-state index in [2.05, 4.69) is 66.0 Å². The Labute approximate surface area is 284 Å². The van der Waals surface area contributed by atoms with Gasteiger partial charge in [0.15, 0.2) is 5.78 Å². The van der Waals surface area contributed by atoms with Gasteiger partial charge in [-0.05, 0) is 92.7 Å². The quantitative estimate of drug-likeness (QED) is 0.148. The molecule has 1 N–H and O–H groups in total. The maximum atomic E-state index is 13.8. The first-order chi connectivity index (χ1) is 20.9. The molecule has 0 saturated heterocycles. The van der Waals surface area contributed by atoms with Crippen LogP contribution >= 0.6 is 0 Å². The zero-order valence-corrected chi connectivity index (χ0v) is 28.6. The van der Waals surface area contributed by atoms with Gasteiger partial charge in [0.05, 0.1) is 12.8 Å². The van der Waals surface area contributed by atoms with Gasteiger partial charge in [0.2, 0.25) is 0 Å².